The average Bonchev–Trinajstić information content (AvgIpc) is 0.592. The van der Waals surface area contributed by atoms with Crippen molar-refractivity contribution in [1.29, 1.82) is 0 Å². The van der Waals surface area contributed by atoms with E-state index in [1.807, 2.05) is 0 Å². The van der Waals surface area contributed by atoms with Crippen molar-refractivity contribution in [2.75, 3.05) is 0 Å². The zero-order chi connectivity index (χ0) is 6.41. The summed E-state index contributed by atoms with van der Waals surface area (Å²) in [7, 11) is 0. The number of hydrogen-bond acceptors (Lipinski definition) is 0. The van der Waals surface area contributed by atoms with E-state index in [9.17, 15) is 21.1 Å². The van der Waals surface area contributed by atoms with Gasteiger partial charge in [0.2, 0.25) is 0 Å². The van der Waals surface area contributed by atoms with Gasteiger partial charge in [0, 0.05) is 0 Å². The second-order valence-electron chi connectivity index (χ2n) is 1.24. The van der Waals surface area contributed by atoms with Gasteiger partial charge in [-0.05, 0) is 0 Å². The molecule has 0 saturated carbocycles. The van der Waals surface area contributed by atoms with Crippen molar-refractivity contribution < 1.29 is 228 Å². The number of rotatable bonds is 0. The summed E-state index contributed by atoms with van der Waals surface area (Å²) in [5.41, 5.74) is 0. The Labute approximate surface area is 232 Å². The van der Waals surface area contributed by atoms with Crippen LogP contribution in [0.2, 0.25) is 0 Å². The molecule has 0 aliphatic heterocycles. The Morgan fingerprint density at radius 3 is 0.500 bits per heavy atom. The maximum absolute atomic E-state index is 11.0. The standard InChI is InChI=1S/Al.3Cs.6FH/h;;;;6*1H/q+3;3*+1;;;;;;/p-6. The first-order valence-electron chi connectivity index (χ1n) is 1.31. The molecule has 0 unspecified atom stereocenters. The number of halogens is 6. The van der Waals surface area contributed by atoms with Crippen LogP contribution >= 0.6 is 0 Å². The molecule has 0 rings (SSSR count). The fraction of sp³-hybridized carbons (Fsp3) is 0. The average molecular weight is 540 g/mol. The van der Waals surface area contributed by atoms with Gasteiger partial charge in [0.05, 0.1) is 0 Å². The Kier molecular flexibility index (Phi) is 17.3. The molecule has 0 radical (unpaired) electrons. The molecule has 0 aromatic heterocycles. The molecule has 0 aromatic rings. The molecule has 0 fully saturated rings. The molecule has 10 heavy (non-hydrogen) atoms. The molecular weight excluding hydrogens is 540 g/mol. The molecular formula is AlCs3F6. The Morgan fingerprint density at radius 1 is 0.500 bits per heavy atom. The second kappa shape index (κ2) is 6.87. The van der Waals surface area contributed by atoms with Crippen molar-refractivity contribution in [2.45, 2.75) is 0 Å². The first kappa shape index (κ1) is 25.2. The summed E-state index contributed by atoms with van der Waals surface area (Å²) in [5.74, 6) is 0. The first-order valence-corrected chi connectivity index (χ1v) is 3.93. The Morgan fingerprint density at radius 2 is 0.500 bits per heavy atom. The van der Waals surface area contributed by atoms with Gasteiger partial charge in [-0.15, -0.1) is 0 Å². The van der Waals surface area contributed by atoms with E-state index in [-0.39, 0.29) is 207 Å². The molecule has 0 heterocycles. The van der Waals surface area contributed by atoms with Crippen LogP contribution in [0.25, 0.3) is 0 Å². The predicted molar refractivity (Wildman–Crippen MR) is 12.4 cm³/mol. The Bertz CT molecular complexity index is 71.6. The van der Waals surface area contributed by atoms with Crippen LogP contribution in [0.1, 0.15) is 0 Å². The molecule has 0 atom stereocenters. The minimum atomic E-state index is -11.0. The molecule has 10 heteroatoms. The monoisotopic (exact) mass is 540 g/mol. The number of hydrogen-bond donors (Lipinski definition) is 0. The van der Waals surface area contributed by atoms with Crippen molar-refractivity contribution in [3.63, 3.8) is 0 Å². The van der Waals surface area contributed by atoms with Gasteiger partial charge in [-0.3, -0.25) is 0 Å². The van der Waals surface area contributed by atoms with Crippen LogP contribution in [-0.4, -0.2) is 13.7 Å². The van der Waals surface area contributed by atoms with Crippen molar-refractivity contribution >= 4 is 13.7 Å². The van der Waals surface area contributed by atoms with E-state index in [1.165, 1.54) is 0 Å². The van der Waals surface area contributed by atoms with Crippen molar-refractivity contribution in [3.05, 3.63) is 0 Å². The Balaban J connectivity index is -0.0000000600. The Hall–Kier alpha value is 6.27. The molecule has 0 aliphatic rings. The molecule has 0 aromatic carbocycles. The summed E-state index contributed by atoms with van der Waals surface area (Å²) in [4.78, 5) is 0. The van der Waals surface area contributed by atoms with E-state index in [4.69, 9.17) is 0 Å². The maximum atomic E-state index is 9.90. The van der Waals surface area contributed by atoms with E-state index in [2.05, 4.69) is 0 Å². The van der Waals surface area contributed by atoms with Crippen LogP contribution in [0, 0.1) is 0 Å². The summed E-state index contributed by atoms with van der Waals surface area (Å²) in [5, 5.41) is 0. The first-order chi connectivity index (χ1) is 2.45. The van der Waals surface area contributed by atoms with Crippen LogP contribution in [0.15, 0.2) is 0 Å². The van der Waals surface area contributed by atoms with Gasteiger partial charge >= 0.3 is 242 Å². The van der Waals surface area contributed by atoms with E-state index in [0.29, 0.717) is 0 Å². The van der Waals surface area contributed by atoms with Gasteiger partial charge in [0.15, 0.2) is 0 Å². The van der Waals surface area contributed by atoms with Crippen molar-refractivity contribution in [1.82, 2.24) is 0 Å². The molecule has 0 aliphatic carbocycles. The van der Waals surface area contributed by atoms with Crippen LogP contribution in [0.3, 0.4) is 0 Å². The fourth-order valence-corrected chi connectivity index (χ4v) is 0. The van der Waals surface area contributed by atoms with Crippen molar-refractivity contribution in [2.24, 2.45) is 0 Å². The molecule has 0 N–H and O–H groups in total. The summed E-state index contributed by atoms with van der Waals surface area (Å²) in [6.07, 6.45) is 0. The fourth-order valence-electron chi connectivity index (χ4n) is 0. The van der Waals surface area contributed by atoms with Gasteiger partial charge in [0.25, 0.3) is 0 Å². The molecule has 0 bridgehead atoms. The summed E-state index contributed by atoms with van der Waals surface area (Å²) >= 11 is -11.0. The topological polar surface area (TPSA) is 0 Å². The van der Waals surface area contributed by atoms with Crippen LogP contribution in [0.5, 0.6) is 0 Å². The summed E-state index contributed by atoms with van der Waals surface area (Å²) in [6, 6.07) is 0. The molecule has 48 valence electrons. The third-order valence-electron chi connectivity index (χ3n) is 0. The van der Waals surface area contributed by atoms with Gasteiger partial charge in [-0.25, -0.2) is 0 Å². The van der Waals surface area contributed by atoms with E-state index < -0.39 is 13.7 Å². The van der Waals surface area contributed by atoms with Crippen molar-refractivity contribution in [3.8, 4) is 0 Å². The molecule has 0 nitrogen and oxygen atoms in total. The quantitative estimate of drug-likeness (QED) is 0.212. The summed E-state index contributed by atoms with van der Waals surface area (Å²) in [6.45, 7) is 0. The third kappa shape index (κ3) is 63.9. The van der Waals surface area contributed by atoms with Crippen LogP contribution in [0.4, 0.5) is 21.1 Å². The van der Waals surface area contributed by atoms with Gasteiger partial charge < -0.3 is 0 Å². The second-order valence-corrected chi connectivity index (χ2v) is 3.71. The van der Waals surface area contributed by atoms with E-state index >= 15 is 0 Å². The molecule has 0 spiro atoms. The SMILES string of the molecule is [Cs+].[Cs+].[Cs+].[F][Al-3]([F])([F])([F])([F])[F]. The minimum absolute atomic E-state index is 0. The normalized spacial score (nSPS) is 16.2. The van der Waals surface area contributed by atoms with Gasteiger partial charge in [-0.1, -0.05) is 0 Å². The van der Waals surface area contributed by atoms with Crippen LogP contribution in [-0.2, 0) is 0 Å². The van der Waals surface area contributed by atoms with E-state index in [0.717, 1.165) is 0 Å². The molecule has 0 amide bonds. The zero-order valence-corrected chi connectivity index (χ0v) is 25.8. The zero-order valence-electron chi connectivity index (χ0n) is 5.85. The summed E-state index contributed by atoms with van der Waals surface area (Å²) < 4.78 is 59.4. The molecule has 0 saturated heterocycles. The third-order valence-corrected chi connectivity index (χ3v) is 0. The van der Waals surface area contributed by atoms with E-state index in [1.54, 1.807) is 0 Å². The predicted octanol–water partition coefficient (Wildman–Crippen LogP) is -6.85. The van der Waals surface area contributed by atoms with Gasteiger partial charge in [-0.2, -0.15) is 0 Å². The van der Waals surface area contributed by atoms with Gasteiger partial charge in [0.1, 0.15) is 0 Å². The van der Waals surface area contributed by atoms with Crippen LogP contribution < -0.4 is 207 Å².